The quantitative estimate of drug-likeness (QED) is 0.467. The Labute approximate surface area is 156 Å². The first-order chi connectivity index (χ1) is 11.4. The first-order valence-corrected chi connectivity index (χ1v) is 9.82. The van der Waals surface area contributed by atoms with Crippen molar-refractivity contribution in [1.29, 1.82) is 0 Å². The van der Waals surface area contributed by atoms with Crippen molar-refractivity contribution >= 4 is 0 Å². The number of hydrogen-bond acceptors (Lipinski definition) is 1. The third-order valence-electron chi connectivity index (χ3n) is 4.73. The van der Waals surface area contributed by atoms with E-state index in [1.165, 1.54) is 29.5 Å². The number of allylic oxidation sites excluding steroid dienone is 2. The van der Waals surface area contributed by atoms with E-state index >= 15 is 0 Å². The maximum Gasteiger partial charge on any atom is 0.119 e. The van der Waals surface area contributed by atoms with Crippen molar-refractivity contribution in [3.8, 4) is 5.75 Å². The van der Waals surface area contributed by atoms with Crippen molar-refractivity contribution in [1.82, 2.24) is 0 Å². The maximum absolute atomic E-state index is 6.16. The third kappa shape index (κ3) is 8.12. The lowest BCUT2D eigenvalue weighted by molar-refractivity contribution is 0.278. The second-order valence-electron chi connectivity index (χ2n) is 9.85. The molecule has 1 aromatic rings. The van der Waals surface area contributed by atoms with Crippen LogP contribution in [0.15, 0.2) is 29.8 Å². The van der Waals surface area contributed by atoms with Crippen molar-refractivity contribution in [2.75, 3.05) is 6.61 Å². The van der Waals surface area contributed by atoms with Crippen molar-refractivity contribution < 1.29 is 4.74 Å². The number of ether oxygens (including phenoxy) is 1. The van der Waals surface area contributed by atoms with Gasteiger partial charge in [-0.3, -0.25) is 0 Å². The smallest absolute Gasteiger partial charge is 0.119 e. The number of rotatable bonds is 7. The minimum absolute atomic E-state index is 0.136. The van der Waals surface area contributed by atoms with E-state index in [4.69, 9.17) is 4.74 Å². The highest BCUT2D eigenvalue weighted by Gasteiger charge is 2.21. The van der Waals surface area contributed by atoms with Gasteiger partial charge in [0.05, 0.1) is 6.61 Å². The molecule has 0 aliphatic heterocycles. The van der Waals surface area contributed by atoms with Crippen LogP contribution in [0.5, 0.6) is 5.75 Å². The zero-order chi connectivity index (χ0) is 19.3. The summed E-state index contributed by atoms with van der Waals surface area (Å²) in [6.07, 6.45) is 5.86. The molecule has 0 saturated heterocycles. The summed E-state index contributed by atoms with van der Waals surface area (Å²) in [7, 11) is 0. The summed E-state index contributed by atoms with van der Waals surface area (Å²) in [5, 5.41) is 0. The van der Waals surface area contributed by atoms with E-state index in [9.17, 15) is 0 Å². The van der Waals surface area contributed by atoms with Gasteiger partial charge in [-0.1, -0.05) is 66.2 Å². The molecule has 1 atom stereocenters. The monoisotopic (exact) mass is 344 g/mol. The molecule has 0 heterocycles. The molecule has 0 amide bonds. The van der Waals surface area contributed by atoms with Gasteiger partial charge in [0.15, 0.2) is 0 Å². The van der Waals surface area contributed by atoms with Crippen LogP contribution < -0.4 is 4.74 Å². The zero-order valence-corrected chi connectivity index (χ0v) is 18.1. The lowest BCUT2D eigenvalue weighted by atomic mass is 9.80. The fourth-order valence-corrected chi connectivity index (χ4v) is 2.73. The Morgan fingerprint density at radius 2 is 1.44 bits per heavy atom. The van der Waals surface area contributed by atoms with Crippen LogP contribution in [0.3, 0.4) is 0 Å². The highest BCUT2D eigenvalue weighted by Crippen LogP contribution is 2.33. The largest absolute Gasteiger partial charge is 0.494 e. The van der Waals surface area contributed by atoms with E-state index in [0.29, 0.717) is 5.92 Å². The summed E-state index contributed by atoms with van der Waals surface area (Å²) in [5.41, 5.74) is 4.39. The standard InChI is InChI=1S/C24H40O/c1-18(2)11-10-12-19(3)13-14-25-22-16-20(23(4,5)6)15-21(17-22)24(7,8)9/h11,15-17,19H,10,12-14H2,1-9H3/t19-/m0/s1. The van der Waals surface area contributed by atoms with Gasteiger partial charge in [0.2, 0.25) is 0 Å². The molecule has 0 aliphatic rings. The van der Waals surface area contributed by atoms with Crippen LogP contribution in [0.1, 0.15) is 92.7 Å². The zero-order valence-electron chi connectivity index (χ0n) is 18.1. The third-order valence-corrected chi connectivity index (χ3v) is 4.73. The van der Waals surface area contributed by atoms with Gasteiger partial charge in [0, 0.05) is 0 Å². The summed E-state index contributed by atoms with van der Waals surface area (Å²) in [5.74, 6) is 1.72. The van der Waals surface area contributed by atoms with Crippen molar-refractivity contribution in [3.63, 3.8) is 0 Å². The average molecular weight is 345 g/mol. The molecule has 0 fully saturated rings. The highest BCUT2D eigenvalue weighted by molar-refractivity contribution is 5.40. The Morgan fingerprint density at radius 3 is 1.88 bits per heavy atom. The number of hydrogen-bond donors (Lipinski definition) is 0. The van der Waals surface area contributed by atoms with Crippen LogP contribution in [-0.4, -0.2) is 6.61 Å². The molecule has 0 radical (unpaired) electrons. The van der Waals surface area contributed by atoms with Gasteiger partial charge in [0.25, 0.3) is 0 Å². The van der Waals surface area contributed by atoms with Gasteiger partial charge in [-0.15, -0.1) is 0 Å². The van der Waals surface area contributed by atoms with E-state index in [1.54, 1.807) is 0 Å². The van der Waals surface area contributed by atoms with Gasteiger partial charge in [0.1, 0.15) is 5.75 Å². The molecule has 1 heteroatoms. The summed E-state index contributed by atoms with van der Waals surface area (Å²) < 4.78 is 6.16. The Kier molecular flexibility index (Phi) is 7.78. The molecule has 0 aromatic heterocycles. The lowest BCUT2D eigenvalue weighted by Crippen LogP contribution is -2.17. The summed E-state index contributed by atoms with van der Waals surface area (Å²) in [6.45, 7) is 21.1. The average Bonchev–Trinajstić information content (AvgIpc) is 2.44. The fraction of sp³-hybridized carbons (Fsp3) is 0.667. The molecule has 1 nitrogen and oxygen atoms in total. The second-order valence-corrected chi connectivity index (χ2v) is 9.85. The number of benzene rings is 1. The Hall–Kier alpha value is -1.24. The van der Waals surface area contributed by atoms with E-state index < -0.39 is 0 Å². The van der Waals surface area contributed by atoms with Crippen LogP contribution in [0.4, 0.5) is 0 Å². The minimum atomic E-state index is 0.136. The van der Waals surface area contributed by atoms with Gasteiger partial charge >= 0.3 is 0 Å². The van der Waals surface area contributed by atoms with Crippen LogP contribution in [0.25, 0.3) is 0 Å². The Morgan fingerprint density at radius 1 is 0.920 bits per heavy atom. The fourth-order valence-electron chi connectivity index (χ4n) is 2.73. The first-order valence-electron chi connectivity index (χ1n) is 9.82. The lowest BCUT2D eigenvalue weighted by Gasteiger charge is -2.26. The molecule has 0 unspecified atom stereocenters. The van der Waals surface area contributed by atoms with Crippen molar-refractivity contribution in [3.05, 3.63) is 41.0 Å². The predicted octanol–water partition coefficient (Wildman–Crippen LogP) is 7.43. The molecule has 0 aliphatic carbocycles. The highest BCUT2D eigenvalue weighted by atomic mass is 16.5. The molecule has 0 spiro atoms. The van der Waals surface area contributed by atoms with E-state index in [1.807, 2.05) is 0 Å². The Balaban J connectivity index is 2.73. The second kappa shape index (κ2) is 8.92. The van der Waals surface area contributed by atoms with Gasteiger partial charge in [-0.2, -0.15) is 0 Å². The normalized spacial score (nSPS) is 13.5. The van der Waals surface area contributed by atoms with Crippen LogP contribution in [0.2, 0.25) is 0 Å². The van der Waals surface area contributed by atoms with Gasteiger partial charge in [-0.25, -0.2) is 0 Å². The van der Waals surface area contributed by atoms with E-state index in [-0.39, 0.29) is 10.8 Å². The molecule has 0 saturated carbocycles. The van der Waals surface area contributed by atoms with Crippen molar-refractivity contribution in [2.24, 2.45) is 5.92 Å². The minimum Gasteiger partial charge on any atom is -0.494 e. The summed E-state index contributed by atoms with van der Waals surface area (Å²) in [6, 6.07) is 6.79. The van der Waals surface area contributed by atoms with Crippen LogP contribution >= 0.6 is 0 Å². The molecular weight excluding hydrogens is 304 g/mol. The predicted molar refractivity (Wildman–Crippen MR) is 112 cm³/mol. The molecular formula is C24H40O. The van der Waals surface area contributed by atoms with E-state index in [0.717, 1.165) is 18.8 Å². The summed E-state index contributed by atoms with van der Waals surface area (Å²) >= 11 is 0. The van der Waals surface area contributed by atoms with Gasteiger partial charge in [-0.05, 0) is 73.1 Å². The topological polar surface area (TPSA) is 9.23 Å². The first kappa shape index (κ1) is 21.8. The van der Waals surface area contributed by atoms with Crippen LogP contribution in [-0.2, 0) is 10.8 Å². The molecule has 0 bridgehead atoms. The van der Waals surface area contributed by atoms with Gasteiger partial charge < -0.3 is 4.74 Å². The molecule has 0 N–H and O–H groups in total. The summed E-state index contributed by atoms with van der Waals surface area (Å²) in [4.78, 5) is 0. The van der Waals surface area contributed by atoms with E-state index in [2.05, 4.69) is 86.6 Å². The Bertz CT molecular complexity index is 530. The molecule has 25 heavy (non-hydrogen) atoms. The van der Waals surface area contributed by atoms with Crippen LogP contribution in [0, 0.1) is 5.92 Å². The maximum atomic E-state index is 6.16. The molecule has 1 aromatic carbocycles. The van der Waals surface area contributed by atoms with Crippen molar-refractivity contribution in [2.45, 2.75) is 92.4 Å². The molecule has 1 rings (SSSR count). The molecule has 142 valence electrons. The SMILES string of the molecule is CC(C)=CCC[C@H](C)CCOc1cc(C(C)(C)C)cc(C(C)(C)C)c1.